The van der Waals surface area contributed by atoms with Gasteiger partial charge < -0.3 is 11.1 Å². The second kappa shape index (κ2) is 6.39. The molecule has 0 saturated carbocycles. The van der Waals surface area contributed by atoms with Crippen molar-refractivity contribution in [3.63, 3.8) is 0 Å². The SMILES string of the molecule is CCCS(=O)(=O)c1ccc(NC(C)(CC)CN)cc1. The summed E-state index contributed by atoms with van der Waals surface area (Å²) in [6, 6.07) is 6.90. The first-order chi connectivity index (χ1) is 8.87. The summed E-state index contributed by atoms with van der Waals surface area (Å²) in [6.45, 7) is 6.51. The summed E-state index contributed by atoms with van der Waals surface area (Å²) in [4.78, 5) is 0.380. The standard InChI is InChI=1S/C14H24N2O2S/c1-4-10-19(17,18)13-8-6-12(7-9-13)16-14(3,5-2)11-15/h6-9,16H,4-5,10-11,15H2,1-3H3. The van der Waals surface area contributed by atoms with Crippen LogP contribution < -0.4 is 11.1 Å². The predicted octanol–water partition coefficient (Wildman–Crippen LogP) is 2.41. The van der Waals surface area contributed by atoms with Crippen molar-refractivity contribution in [1.82, 2.24) is 0 Å². The normalized spacial score (nSPS) is 14.9. The third kappa shape index (κ3) is 4.21. The first-order valence-corrected chi connectivity index (χ1v) is 8.33. The van der Waals surface area contributed by atoms with E-state index in [-0.39, 0.29) is 11.3 Å². The summed E-state index contributed by atoms with van der Waals surface area (Å²) < 4.78 is 23.8. The van der Waals surface area contributed by atoms with Crippen LogP contribution in [0.2, 0.25) is 0 Å². The lowest BCUT2D eigenvalue weighted by Crippen LogP contribution is -2.41. The fraction of sp³-hybridized carbons (Fsp3) is 0.571. The number of sulfone groups is 1. The molecule has 0 heterocycles. The fourth-order valence-corrected chi connectivity index (χ4v) is 3.09. The van der Waals surface area contributed by atoms with Crippen LogP contribution in [-0.4, -0.2) is 26.3 Å². The zero-order valence-corrected chi connectivity index (χ0v) is 12.8. The van der Waals surface area contributed by atoms with Gasteiger partial charge in [0.25, 0.3) is 0 Å². The molecule has 108 valence electrons. The molecule has 0 amide bonds. The molecular weight excluding hydrogens is 260 g/mol. The van der Waals surface area contributed by atoms with Crippen molar-refractivity contribution in [2.24, 2.45) is 5.73 Å². The Morgan fingerprint density at radius 1 is 1.21 bits per heavy atom. The van der Waals surface area contributed by atoms with Crippen molar-refractivity contribution >= 4 is 15.5 Å². The number of nitrogens with one attached hydrogen (secondary N) is 1. The average Bonchev–Trinajstić information content (AvgIpc) is 2.39. The highest BCUT2D eigenvalue weighted by atomic mass is 32.2. The lowest BCUT2D eigenvalue weighted by atomic mass is 9.99. The van der Waals surface area contributed by atoms with Gasteiger partial charge in [-0.1, -0.05) is 13.8 Å². The minimum absolute atomic E-state index is 0.163. The maximum absolute atomic E-state index is 11.9. The van der Waals surface area contributed by atoms with Crippen molar-refractivity contribution in [2.75, 3.05) is 17.6 Å². The Hall–Kier alpha value is -1.07. The Bertz CT molecular complexity index is 491. The van der Waals surface area contributed by atoms with Crippen molar-refractivity contribution < 1.29 is 8.42 Å². The van der Waals surface area contributed by atoms with Crippen molar-refractivity contribution in [1.29, 1.82) is 0 Å². The lowest BCUT2D eigenvalue weighted by molar-refractivity contribution is 0.506. The molecule has 19 heavy (non-hydrogen) atoms. The van der Waals surface area contributed by atoms with Gasteiger partial charge in [-0.2, -0.15) is 0 Å². The van der Waals surface area contributed by atoms with Crippen LogP contribution in [0.15, 0.2) is 29.2 Å². The van der Waals surface area contributed by atoms with Gasteiger partial charge in [-0.25, -0.2) is 8.42 Å². The minimum Gasteiger partial charge on any atom is -0.379 e. The Morgan fingerprint density at radius 3 is 2.21 bits per heavy atom. The molecule has 0 bridgehead atoms. The van der Waals surface area contributed by atoms with Gasteiger partial charge in [0.15, 0.2) is 9.84 Å². The first-order valence-electron chi connectivity index (χ1n) is 6.68. The molecule has 1 unspecified atom stereocenters. The van der Waals surface area contributed by atoms with Crippen LogP contribution in [0.4, 0.5) is 5.69 Å². The highest BCUT2D eigenvalue weighted by Crippen LogP contribution is 2.20. The Kier molecular flexibility index (Phi) is 5.38. The minimum atomic E-state index is -3.13. The Morgan fingerprint density at radius 2 is 1.79 bits per heavy atom. The van der Waals surface area contributed by atoms with E-state index < -0.39 is 9.84 Å². The quantitative estimate of drug-likeness (QED) is 0.806. The highest BCUT2D eigenvalue weighted by molar-refractivity contribution is 7.91. The second-order valence-corrected chi connectivity index (χ2v) is 7.20. The molecule has 1 rings (SSSR count). The smallest absolute Gasteiger partial charge is 0.178 e. The molecule has 1 aromatic rings. The number of hydrogen-bond acceptors (Lipinski definition) is 4. The van der Waals surface area contributed by atoms with Crippen LogP contribution >= 0.6 is 0 Å². The van der Waals surface area contributed by atoms with Gasteiger partial charge in [0.05, 0.1) is 10.6 Å². The van der Waals surface area contributed by atoms with E-state index in [0.29, 0.717) is 17.9 Å². The van der Waals surface area contributed by atoms with E-state index in [0.717, 1.165) is 12.1 Å². The summed E-state index contributed by atoms with van der Waals surface area (Å²) in [5.41, 5.74) is 6.48. The number of anilines is 1. The van der Waals surface area contributed by atoms with E-state index in [2.05, 4.69) is 19.2 Å². The van der Waals surface area contributed by atoms with Gasteiger partial charge in [0.1, 0.15) is 0 Å². The summed E-state index contributed by atoms with van der Waals surface area (Å²) in [5, 5.41) is 3.35. The molecule has 0 aliphatic rings. The number of benzene rings is 1. The summed E-state index contributed by atoms with van der Waals surface area (Å²) in [6.07, 6.45) is 1.53. The third-order valence-corrected chi connectivity index (χ3v) is 5.30. The first kappa shape index (κ1) is 16.0. The number of nitrogens with two attached hydrogens (primary N) is 1. The summed E-state index contributed by atoms with van der Waals surface area (Å²) in [5.74, 6) is 0.190. The maximum atomic E-state index is 11.9. The number of rotatable bonds is 7. The van der Waals surface area contributed by atoms with Gasteiger partial charge in [0.2, 0.25) is 0 Å². The van der Waals surface area contributed by atoms with Crippen molar-refractivity contribution in [3.05, 3.63) is 24.3 Å². The molecule has 0 saturated heterocycles. The van der Waals surface area contributed by atoms with Gasteiger partial charge >= 0.3 is 0 Å². The van der Waals surface area contributed by atoms with Crippen molar-refractivity contribution in [3.8, 4) is 0 Å². The molecule has 1 atom stereocenters. The molecule has 0 aromatic heterocycles. The second-order valence-electron chi connectivity index (χ2n) is 5.09. The van der Waals surface area contributed by atoms with E-state index in [1.807, 2.05) is 6.92 Å². The van der Waals surface area contributed by atoms with Gasteiger partial charge in [-0.15, -0.1) is 0 Å². The summed E-state index contributed by atoms with van der Waals surface area (Å²) in [7, 11) is -3.13. The molecule has 5 heteroatoms. The van der Waals surface area contributed by atoms with E-state index in [4.69, 9.17) is 5.73 Å². The topological polar surface area (TPSA) is 72.2 Å². The molecular formula is C14H24N2O2S. The van der Waals surface area contributed by atoms with Crippen LogP contribution in [0.1, 0.15) is 33.6 Å². The van der Waals surface area contributed by atoms with Crippen molar-refractivity contribution in [2.45, 2.75) is 44.0 Å². The van der Waals surface area contributed by atoms with Crippen LogP contribution in [-0.2, 0) is 9.84 Å². The third-order valence-electron chi connectivity index (χ3n) is 3.36. The van der Waals surface area contributed by atoms with Crippen LogP contribution in [0.3, 0.4) is 0 Å². The fourth-order valence-electron chi connectivity index (χ4n) is 1.76. The lowest BCUT2D eigenvalue weighted by Gasteiger charge is -2.29. The Balaban J connectivity index is 2.89. The van der Waals surface area contributed by atoms with E-state index >= 15 is 0 Å². The van der Waals surface area contributed by atoms with Gasteiger partial charge in [0, 0.05) is 17.8 Å². The molecule has 0 aliphatic carbocycles. The van der Waals surface area contributed by atoms with Crippen LogP contribution in [0.5, 0.6) is 0 Å². The van der Waals surface area contributed by atoms with Gasteiger partial charge in [-0.3, -0.25) is 0 Å². The molecule has 0 fully saturated rings. The molecule has 0 aliphatic heterocycles. The highest BCUT2D eigenvalue weighted by Gasteiger charge is 2.19. The van der Waals surface area contributed by atoms with Gasteiger partial charge in [-0.05, 0) is 44.0 Å². The van der Waals surface area contributed by atoms with Crippen LogP contribution in [0.25, 0.3) is 0 Å². The molecule has 0 radical (unpaired) electrons. The van der Waals surface area contributed by atoms with E-state index in [1.165, 1.54) is 0 Å². The average molecular weight is 284 g/mol. The monoisotopic (exact) mass is 284 g/mol. The molecule has 1 aromatic carbocycles. The maximum Gasteiger partial charge on any atom is 0.178 e. The molecule has 3 N–H and O–H groups in total. The largest absolute Gasteiger partial charge is 0.379 e. The predicted molar refractivity (Wildman–Crippen MR) is 80.2 cm³/mol. The zero-order valence-electron chi connectivity index (χ0n) is 11.9. The molecule has 4 nitrogen and oxygen atoms in total. The van der Waals surface area contributed by atoms with E-state index in [1.54, 1.807) is 24.3 Å². The summed E-state index contributed by atoms with van der Waals surface area (Å²) >= 11 is 0. The number of hydrogen-bond donors (Lipinski definition) is 2. The van der Waals surface area contributed by atoms with E-state index in [9.17, 15) is 8.42 Å². The van der Waals surface area contributed by atoms with Crippen LogP contribution in [0, 0.1) is 0 Å². The zero-order chi connectivity index (χ0) is 14.5. The Labute approximate surface area is 116 Å². The molecule has 0 spiro atoms.